The monoisotopic (exact) mass is 224 g/mol. The molecule has 0 N–H and O–H groups in total. The fourth-order valence-corrected chi connectivity index (χ4v) is 2.25. The summed E-state index contributed by atoms with van der Waals surface area (Å²) in [4.78, 5) is 2.41. The van der Waals surface area contributed by atoms with Crippen LogP contribution in [0.15, 0.2) is 0 Å². The van der Waals surface area contributed by atoms with Crippen molar-refractivity contribution < 1.29 is 4.74 Å². The van der Waals surface area contributed by atoms with Gasteiger partial charge in [-0.05, 0) is 47.6 Å². The lowest BCUT2D eigenvalue weighted by atomic mass is 9.91. The lowest BCUT2D eigenvalue weighted by Crippen LogP contribution is -2.52. The Morgan fingerprint density at radius 2 is 2.12 bits per heavy atom. The normalized spacial score (nSPS) is 26.4. The van der Waals surface area contributed by atoms with E-state index in [2.05, 4.69) is 31.7 Å². The molecule has 0 amide bonds. The molecule has 1 aliphatic rings. The maximum absolute atomic E-state index is 8.98. The molecule has 0 aliphatic carbocycles. The van der Waals surface area contributed by atoms with Crippen LogP contribution in [-0.4, -0.2) is 36.2 Å². The quantitative estimate of drug-likeness (QED) is 0.738. The van der Waals surface area contributed by atoms with Gasteiger partial charge in [0.2, 0.25) is 0 Å². The van der Waals surface area contributed by atoms with Crippen LogP contribution in [0.3, 0.4) is 0 Å². The minimum atomic E-state index is -0.217. The topological polar surface area (TPSA) is 36.3 Å². The molecule has 0 aromatic rings. The van der Waals surface area contributed by atoms with E-state index in [-0.39, 0.29) is 17.1 Å². The molecule has 1 fully saturated rings. The predicted molar refractivity (Wildman–Crippen MR) is 65.1 cm³/mol. The molecule has 0 radical (unpaired) electrons. The first-order valence-corrected chi connectivity index (χ1v) is 6.05. The van der Waals surface area contributed by atoms with Gasteiger partial charge in [0.15, 0.2) is 0 Å². The Kier molecular flexibility index (Phi) is 3.98. The number of hydrogen-bond donors (Lipinski definition) is 0. The van der Waals surface area contributed by atoms with Gasteiger partial charge in [-0.1, -0.05) is 0 Å². The molecule has 1 aliphatic heterocycles. The van der Waals surface area contributed by atoms with E-state index in [1.807, 2.05) is 13.8 Å². The van der Waals surface area contributed by atoms with Gasteiger partial charge in [0.05, 0.1) is 23.2 Å². The van der Waals surface area contributed by atoms with Crippen LogP contribution in [0.1, 0.15) is 41.0 Å². The van der Waals surface area contributed by atoms with E-state index < -0.39 is 0 Å². The first-order chi connectivity index (χ1) is 7.24. The number of ether oxygens (including phenoxy) is 1. The second kappa shape index (κ2) is 4.73. The van der Waals surface area contributed by atoms with Crippen LogP contribution >= 0.6 is 0 Å². The van der Waals surface area contributed by atoms with Gasteiger partial charge in [0, 0.05) is 13.1 Å². The second-order valence-corrected chi connectivity index (χ2v) is 6.17. The van der Waals surface area contributed by atoms with E-state index in [0.717, 1.165) is 26.1 Å². The Hall–Kier alpha value is -0.590. The summed E-state index contributed by atoms with van der Waals surface area (Å²) in [5, 5.41) is 8.98. The fourth-order valence-electron chi connectivity index (χ4n) is 2.25. The molecular formula is C13H24N2O. The van der Waals surface area contributed by atoms with Crippen LogP contribution in [0.4, 0.5) is 0 Å². The zero-order chi connectivity index (χ0) is 12.4. The maximum atomic E-state index is 8.98. The molecule has 0 bridgehead atoms. The Morgan fingerprint density at radius 1 is 1.50 bits per heavy atom. The van der Waals surface area contributed by atoms with Crippen molar-refractivity contribution in [1.82, 2.24) is 4.90 Å². The summed E-state index contributed by atoms with van der Waals surface area (Å²) in [5.74, 6) is 0. The van der Waals surface area contributed by atoms with Crippen LogP contribution < -0.4 is 0 Å². The highest BCUT2D eigenvalue weighted by Gasteiger charge is 2.31. The van der Waals surface area contributed by atoms with Gasteiger partial charge in [0.25, 0.3) is 0 Å². The van der Waals surface area contributed by atoms with E-state index in [0.29, 0.717) is 0 Å². The van der Waals surface area contributed by atoms with Crippen molar-refractivity contribution in [3.8, 4) is 6.07 Å². The third-order valence-corrected chi connectivity index (χ3v) is 3.00. The Labute approximate surface area is 99.4 Å². The Morgan fingerprint density at radius 3 is 2.62 bits per heavy atom. The standard InChI is InChI=1S/C13H24N2O/c1-11-8-15(10-13(4,5)16-11)7-6-12(2,3)9-14/h11H,6-8,10H2,1-5H3. The van der Waals surface area contributed by atoms with Gasteiger partial charge < -0.3 is 4.74 Å². The molecule has 1 saturated heterocycles. The zero-order valence-electron chi connectivity index (χ0n) is 11.2. The molecule has 16 heavy (non-hydrogen) atoms. The van der Waals surface area contributed by atoms with Crippen molar-refractivity contribution >= 4 is 0 Å². The van der Waals surface area contributed by atoms with Gasteiger partial charge in [-0.25, -0.2) is 0 Å². The predicted octanol–water partition coefficient (Wildman–Crippen LogP) is 2.43. The molecule has 1 heterocycles. The average Bonchev–Trinajstić information content (AvgIpc) is 2.12. The van der Waals surface area contributed by atoms with Crippen molar-refractivity contribution in [2.75, 3.05) is 19.6 Å². The smallest absolute Gasteiger partial charge is 0.0757 e. The van der Waals surface area contributed by atoms with Crippen LogP contribution in [-0.2, 0) is 4.74 Å². The number of nitriles is 1. The van der Waals surface area contributed by atoms with E-state index in [1.54, 1.807) is 0 Å². The van der Waals surface area contributed by atoms with Gasteiger partial charge in [-0.2, -0.15) is 5.26 Å². The highest BCUT2D eigenvalue weighted by atomic mass is 16.5. The first-order valence-electron chi connectivity index (χ1n) is 6.05. The maximum Gasteiger partial charge on any atom is 0.0757 e. The zero-order valence-corrected chi connectivity index (χ0v) is 11.2. The molecule has 1 atom stereocenters. The minimum Gasteiger partial charge on any atom is -0.370 e. The number of rotatable bonds is 3. The summed E-state index contributed by atoms with van der Waals surface area (Å²) in [6.07, 6.45) is 1.21. The fraction of sp³-hybridized carbons (Fsp3) is 0.923. The van der Waals surface area contributed by atoms with Crippen molar-refractivity contribution in [3.05, 3.63) is 0 Å². The van der Waals surface area contributed by atoms with Crippen molar-refractivity contribution in [2.24, 2.45) is 5.41 Å². The highest BCUT2D eigenvalue weighted by molar-refractivity contribution is 4.93. The molecule has 0 aromatic heterocycles. The molecule has 1 unspecified atom stereocenters. The van der Waals surface area contributed by atoms with Gasteiger partial charge in [-0.3, -0.25) is 4.90 Å². The Bertz CT molecular complexity index is 278. The van der Waals surface area contributed by atoms with E-state index >= 15 is 0 Å². The lowest BCUT2D eigenvalue weighted by molar-refractivity contribution is -0.129. The van der Waals surface area contributed by atoms with Gasteiger partial charge >= 0.3 is 0 Å². The summed E-state index contributed by atoms with van der Waals surface area (Å²) < 4.78 is 5.86. The van der Waals surface area contributed by atoms with Crippen molar-refractivity contribution in [2.45, 2.75) is 52.7 Å². The third kappa shape index (κ3) is 4.11. The van der Waals surface area contributed by atoms with Crippen molar-refractivity contribution in [3.63, 3.8) is 0 Å². The Balaban J connectivity index is 2.47. The first kappa shape index (κ1) is 13.5. The van der Waals surface area contributed by atoms with Crippen LogP contribution in [0, 0.1) is 16.7 Å². The van der Waals surface area contributed by atoms with Crippen molar-refractivity contribution in [1.29, 1.82) is 5.26 Å². The molecule has 0 saturated carbocycles. The SMILES string of the molecule is CC1CN(CCC(C)(C)C#N)CC(C)(C)O1. The molecule has 0 aromatic carbocycles. The molecule has 0 spiro atoms. The van der Waals surface area contributed by atoms with E-state index in [9.17, 15) is 0 Å². The summed E-state index contributed by atoms with van der Waals surface area (Å²) in [5.41, 5.74) is -0.278. The number of hydrogen-bond acceptors (Lipinski definition) is 3. The summed E-state index contributed by atoms with van der Waals surface area (Å²) in [6.45, 7) is 13.3. The lowest BCUT2D eigenvalue weighted by Gasteiger charge is -2.42. The summed E-state index contributed by atoms with van der Waals surface area (Å²) in [6, 6.07) is 2.35. The minimum absolute atomic E-state index is 0.0611. The summed E-state index contributed by atoms with van der Waals surface area (Å²) >= 11 is 0. The number of nitrogens with zero attached hydrogens (tertiary/aromatic N) is 2. The third-order valence-electron chi connectivity index (χ3n) is 3.00. The number of morpholine rings is 1. The molecule has 92 valence electrons. The molecule has 3 nitrogen and oxygen atoms in total. The highest BCUT2D eigenvalue weighted by Crippen LogP contribution is 2.24. The van der Waals surface area contributed by atoms with Gasteiger partial charge in [0.1, 0.15) is 0 Å². The molecular weight excluding hydrogens is 200 g/mol. The largest absolute Gasteiger partial charge is 0.370 e. The summed E-state index contributed by atoms with van der Waals surface area (Å²) in [7, 11) is 0. The molecule has 1 rings (SSSR count). The second-order valence-electron chi connectivity index (χ2n) is 6.17. The van der Waals surface area contributed by atoms with Crippen LogP contribution in [0.2, 0.25) is 0 Å². The van der Waals surface area contributed by atoms with E-state index in [1.165, 1.54) is 0 Å². The molecule has 3 heteroatoms. The van der Waals surface area contributed by atoms with Crippen LogP contribution in [0.25, 0.3) is 0 Å². The van der Waals surface area contributed by atoms with Gasteiger partial charge in [-0.15, -0.1) is 0 Å². The van der Waals surface area contributed by atoms with Crippen LogP contribution in [0.5, 0.6) is 0 Å². The van der Waals surface area contributed by atoms with E-state index in [4.69, 9.17) is 10.00 Å². The average molecular weight is 224 g/mol.